The molecule has 2 fully saturated rings. The molecule has 1 aromatic carbocycles. The van der Waals surface area contributed by atoms with E-state index in [1.165, 1.54) is 25.0 Å². The molecule has 0 bridgehead atoms. The maximum absolute atomic E-state index is 13.6. The summed E-state index contributed by atoms with van der Waals surface area (Å²) < 4.78 is 19.5. The van der Waals surface area contributed by atoms with Crippen LogP contribution in [0.3, 0.4) is 0 Å². The summed E-state index contributed by atoms with van der Waals surface area (Å²) in [5.41, 5.74) is 0.740. The van der Waals surface area contributed by atoms with Crippen LogP contribution in [0, 0.1) is 23.6 Å². The number of carbonyl (C=O) groups is 1. The number of amides is 1. The molecule has 0 atom stereocenters. The van der Waals surface area contributed by atoms with Gasteiger partial charge in [-0.25, -0.2) is 4.39 Å². The van der Waals surface area contributed by atoms with Crippen LogP contribution >= 0.6 is 0 Å². The average Bonchev–Trinajstić information content (AvgIpc) is 3.43. The van der Waals surface area contributed by atoms with Crippen molar-refractivity contribution >= 4 is 11.6 Å². The second-order valence-electron chi connectivity index (χ2n) is 8.20. The summed E-state index contributed by atoms with van der Waals surface area (Å²) >= 11 is 0. The van der Waals surface area contributed by atoms with Gasteiger partial charge in [-0.1, -0.05) is 13.8 Å². The summed E-state index contributed by atoms with van der Waals surface area (Å²) in [4.78, 5) is 14.1. The van der Waals surface area contributed by atoms with E-state index in [2.05, 4.69) is 19.2 Å². The largest absolute Gasteiger partial charge is 0.491 e. The highest BCUT2D eigenvalue weighted by Crippen LogP contribution is 2.32. The Morgan fingerprint density at radius 1 is 1.23 bits per heavy atom. The molecule has 1 N–H and O–H groups in total. The molecule has 144 valence electrons. The number of halogens is 1. The standard InChI is InChI=1S/C21H31FN2O2/c1-15(2)11-21(25)24-9-7-16(8-10-24)13-23-19-12-18(22)5-6-20(19)26-14-17-3-4-17/h5-6,12,15-17,23H,3-4,7-11,13-14H2,1-2H3. The van der Waals surface area contributed by atoms with Gasteiger partial charge in [-0.2, -0.15) is 0 Å². The minimum absolute atomic E-state index is 0.250. The van der Waals surface area contributed by atoms with Crippen LogP contribution in [-0.2, 0) is 4.79 Å². The number of piperidine rings is 1. The Hall–Kier alpha value is -1.78. The Morgan fingerprint density at radius 2 is 1.96 bits per heavy atom. The molecule has 0 radical (unpaired) electrons. The lowest BCUT2D eigenvalue weighted by molar-refractivity contribution is -0.133. The Balaban J connectivity index is 1.47. The molecule has 1 aliphatic carbocycles. The van der Waals surface area contributed by atoms with Crippen molar-refractivity contribution in [3.8, 4) is 5.75 Å². The van der Waals surface area contributed by atoms with Gasteiger partial charge in [0.1, 0.15) is 11.6 Å². The molecule has 1 saturated heterocycles. The van der Waals surface area contributed by atoms with Gasteiger partial charge in [0, 0.05) is 32.1 Å². The summed E-state index contributed by atoms with van der Waals surface area (Å²) in [6, 6.07) is 4.68. The Bertz CT molecular complexity index is 608. The highest BCUT2D eigenvalue weighted by molar-refractivity contribution is 5.76. The van der Waals surface area contributed by atoms with Crippen molar-refractivity contribution in [3.63, 3.8) is 0 Å². The number of anilines is 1. The number of hydrogen-bond donors (Lipinski definition) is 1. The number of benzene rings is 1. The molecular weight excluding hydrogens is 331 g/mol. The highest BCUT2D eigenvalue weighted by atomic mass is 19.1. The van der Waals surface area contributed by atoms with Crippen molar-refractivity contribution in [1.82, 2.24) is 4.90 Å². The van der Waals surface area contributed by atoms with Crippen LogP contribution in [0.4, 0.5) is 10.1 Å². The molecule has 5 heteroatoms. The fourth-order valence-corrected chi connectivity index (χ4v) is 3.38. The first-order valence-electron chi connectivity index (χ1n) is 9.95. The smallest absolute Gasteiger partial charge is 0.222 e. The van der Waals surface area contributed by atoms with Crippen LogP contribution in [0.25, 0.3) is 0 Å². The van der Waals surface area contributed by atoms with Crippen molar-refractivity contribution in [2.45, 2.75) is 46.0 Å². The van der Waals surface area contributed by atoms with Crippen molar-refractivity contribution in [2.75, 3.05) is 31.6 Å². The maximum Gasteiger partial charge on any atom is 0.222 e. The highest BCUT2D eigenvalue weighted by Gasteiger charge is 2.24. The Labute approximate surface area is 156 Å². The van der Waals surface area contributed by atoms with E-state index in [-0.39, 0.29) is 11.7 Å². The third kappa shape index (κ3) is 5.61. The molecule has 1 heterocycles. The number of rotatable bonds is 8. The van der Waals surface area contributed by atoms with Crippen molar-refractivity contribution < 1.29 is 13.9 Å². The number of hydrogen-bond acceptors (Lipinski definition) is 3. The first-order chi connectivity index (χ1) is 12.5. The van der Waals surface area contributed by atoms with Crippen molar-refractivity contribution in [3.05, 3.63) is 24.0 Å². The summed E-state index contributed by atoms with van der Waals surface area (Å²) in [6.07, 6.45) is 5.08. The molecule has 1 aliphatic heterocycles. The SMILES string of the molecule is CC(C)CC(=O)N1CCC(CNc2cc(F)ccc2OCC2CC2)CC1. The zero-order chi connectivity index (χ0) is 18.5. The quantitative estimate of drug-likeness (QED) is 0.749. The summed E-state index contributed by atoms with van der Waals surface area (Å²) in [5, 5.41) is 3.38. The molecule has 1 amide bonds. The lowest BCUT2D eigenvalue weighted by Crippen LogP contribution is -2.40. The van der Waals surface area contributed by atoms with Crippen LogP contribution in [0.2, 0.25) is 0 Å². The molecule has 26 heavy (non-hydrogen) atoms. The van der Waals surface area contributed by atoms with Crippen LogP contribution < -0.4 is 10.1 Å². The first-order valence-corrected chi connectivity index (χ1v) is 9.95. The van der Waals surface area contributed by atoms with E-state index in [1.54, 1.807) is 6.07 Å². The van der Waals surface area contributed by atoms with Crippen LogP contribution in [0.5, 0.6) is 5.75 Å². The van der Waals surface area contributed by atoms with E-state index in [0.29, 0.717) is 24.2 Å². The van der Waals surface area contributed by atoms with Gasteiger partial charge < -0.3 is 15.0 Å². The van der Waals surface area contributed by atoms with Gasteiger partial charge in [-0.3, -0.25) is 4.79 Å². The van der Waals surface area contributed by atoms with Gasteiger partial charge in [-0.05, 0) is 55.6 Å². The molecule has 0 unspecified atom stereocenters. The zero-order valence-electron chi connectivity index (χ0n) is 16.0. The lowest BCUT2D eigenvalue weighted by atomic mass is 9.96. The van der Waals surface area contributed by atoms with Gasteiger partial charge in [-0.15, -0.1) is 0 Å². The van der Waals surface area contributed by atoms with Gasteiger partial charge in [0.05, 0.1) is 12.3 Å². The number of nitrogens with zero attached hydrogens (tertiary/aromatic N) is 1. The predicted molar refractivity (Wildman–Crippen MR) is 102 cm³/mol. The van der Waals surface area contributed by atoms with Crippen LogP contribution in [0.1, 0.15) is 46.0 Å². The van der Waals surface area contributed by atoms with Gasteiger partial charge in [0.15, 0.2) is 0 Å². The minimum atomic E-state index is -0.250. The topological polar surface area (TPSA) is 41.6 Å². The number of carbonyl (C=O) groups excluding carboxylic acids is 1. The molecule has 0 aromatic heterocycles. The van der Waals surface area contributed by atoms with Gasteiger partial charge in [0.25, 0.3) is 0 Å². The van der Waals surface area contributed by atoms with E-state index in [9.17, 15) is 9.18 Å². The molecule has 2 aliphatic rings. The Morgan fingerprint density at radius 3 is 2.62 bits per heavy atom. The van der Waals surface area contributed by atoms with Crippen LogP contribution in [-0.4, -0.2) is 37.0 Å². The van der Waals surface area contributed by atoms with E-state index >= 15 is 0 Å². The number of nitrogens with one attached hydrogen (secondary N) is 1. The van der Waals surface area contributed by atoms with Gasteiger partial charge >= 0.3 is 0 Å². The summed E-state index contributed by atoms with van der Waals surface area (Å²) in [5.74, 6) is 2.33. The second-order valence-corrected chi connectivity index (χ2v) is 8.20. The van der Waals surface area contributed by atoms with Crippen molar-refractivity contribution in [1.29, 1.82) is 0 Å². The summed E-state index contributed by atoms with van der Waals surface area (Å²) in [6.45, 7) is 7.32. The fraction of sp³-hybridized carbons (Fsp3) is 0.667. The maximum atomic E-state index is 13.6. The monoisotopic (exact) mass is 362 g/mol. The minimum Gasteiger partial charge on any atom is -0.491 e. The van der Waals surface area contributed by atoms with E-state index < -0.39 is 0 Å². The van der Waals surface area contributed by atoms with E-state index in [1.807, 2.05) is 4.90 Å². The summed E-state index contributed by atoms with van der Waals surface area (Å²) in [7, 11) is 0. The molecule has 3 rings (SSSR count). The average molecular weight is 362 g/mol. The number of ether oxygens (including phenoxy) is 1. The lowest BCUT2D eigenvalue weighted by Gasteiger charge is -2.32. The molecule has 1 aromatic rings. The molecule has 1 saturated carbocycles. The molecular formula is C21H31FN2O2. The third-order valence-electron chi connectivity index (χ3n) is 5.24. The van der Waals surface area contributed by atoms with E-state index in [0.717, 1.165) is 50.5 Å². The Kier molecular flexibility index (Phi) is 6.38. The normalized spacial score (nSPS) is 18.2. The zero-order valence-corrected chi connectivity index (χ0v) is 16.0. The molecule has 0 spiro atoms. The van der Waals surface area contributed by atoms with Crippen molar-refractivity contribution in [2.24, 2.45) is 17.8 Å². The van der Waals surface area contributed by atoms with Gasteiger partial charge in [0.2, 0.25) is 5.91 Å². The third-order valence-corrected chi connectivity index (χ3v) is 5.24. The second kappa shape index (κ2) is 8.74. The van der Waals surface area contributed by atoms with Crippen LogP contribution in [0.15, 0.2) is 18.2 Å². The number of likely N-dealkylation sites (tertiary alicyclic amines) is 1. The predicted octanol–water partition coefficient (Wildman–Crippen LogP) is 4.31. The van der Waals surface area contributed by atoms with E-state index in [4.69, 9.17) is 4.74 Å². The first kappa shape index (κ1) is 19.0. The molecule has 4 nitrogen and oxygen atoms in total. The fourth-order valence-electron chi connectivity index (χ4n) is 3.38.